The van der Waals surface area contributed by atoms with Gasteiger partial charge in [-0.3, -0.25) is 4.79 Å². The topological polar surface area (TPSA) is 59.3 Å². The zero-order valence-corrected chi connectivity index (χ0v) is 15.8. The van der Waals surface area contributed by atoms with Crippen LogP contribution in [0.2, 0.25) is 0 Å². The number of carbonyl (C=O) groups is 1. The van der Waals surface area contributed by atoms with Crippen LogP contribution in [-0.4, -0.2) is 20.5 Å². The van der Waals surface area contributed by atoms with E-state index >= 15 is 0 Å². The Morgan fingerprint density at radius 2 is 1.82 bits per heavy atom. The fourth-order valence-corrected chi connectivity index (χ4v) is 2.98. The number of rotatable bonds is 4. The lowest BCUT2D eigenvalue weighted by atomic mass is 9.88. The largest absolute Gasteiger partial charge is 0.416 e. The molecule has 0 aliphatic carbocycles. The van der Waals surface area contributed by atoms with Crippen molar-refractivity contribution in [2.24, 2.45) is 0 Å². The number of carbonyl (C=O) groups excluding carboxylic acids is 1. The standard InChI is InChI=1S/C20H21F3N4O/c1-19(2,3)16-17(26-27-12-4-11-24-18(16)27)25-15(28)10-7-13-5-8-14(9-6-13)20(21,22)23/h4-6,8-9,11-12H,7,10H2,1-3H3,(H,25,26,28). The highest BCUT2D eigenvalue weighted by molar-refractivity contribution is 5.91. The number of halogens is 3. The highest BCUT2D eigenvalue weighted by Crippen LogP contribution is 2.32. The number of alkyl halides is 3. The Balaban J connectivity index is 1.72. The Morgan fingerprint density at radius 3 is 2.43 bits per heavy atom. The van der Waals surface area contributed by atoms with Crippen LogP contribution < -0.4 is 5.32 Å². The third kappa shape index (κ3) is 4.32. The van der Waals surface area contributed by atoms with E-state index in [4.69, 9.17) is 0 Å². The lowest BCUT2D eigenvalue weighted by molar-refractivity contribution is -0.137. The summed E-state index contributed by atoms with van der Waals surface area (Å²) >= 11 is 0. The van der Waals surface area contributed by atoms with Gasteiger partial charge in [-0.25, -0.2) is 9.50 Å². The van der Waals surface area contributed by atoms with Gasteiger partial charge in [0.1, 0.15) is 0 Å². The van der Waals surface area contributed by atoms with Crippen LogP contribution in [0.5, 0.6) is 0 Å². The van der Waals surface area contributed by atoms with Crippen molar-refractivity contribution in [2.45, 2.75) is 45.2 Å². The summed E-state index contributed by atoms with van der Waals surface area (Å²) in [5, 5.41) is 7.23. The third-order valence-corrected chi connectivity index (χ3v) is 4.33. The van der Waals surface area contributed by atoms with E-state index in [0.717, 1.165) is 17.7 Å². The fraction of sp³-hybridized carbons (Fsp3) is 0.350. The number of aromatic nitrogens is 3. The predicted molar refractivity (Wildman–Crippen MR) is 100 cm³/mol. The highest BCUT2D eigenvalue weighted by Gasteiger charge is 2.30. The van der Waals surface area contributed by atoms with Gasteiger partial charge in [-0.2, -0.15) is 13.2 Å². The van der Waals surface area contributed by atoms with Gasteiger partial charge in [0.25, 0.3) is 0 Å². The molecule has 1 aromatic carbocycles. The van der Waals surface area contributed by atoms with Crippen molar-refractivity contribution in [3.05, 3.63) is 59.4 Å². The van der Waals surface area contributed by atoms with Crippen LogP contribution in [-0.2, 0) is 22.8 Å². The maximum Gasteiger partial charge on any atom is 0.416 e. The summed E-state index contributed by atoms with van der Waals surface area (Å²) in [4.78, 5) is 16.8. The SMILES string of the molecule is CC(C)(C)c1c(NC(=O)CCc2ccc(C(F)(F)F)cc2)nn2cccnc12. The summed E-state index contributed by atoms with van der Waals surface area (Å²) < 4.78 is 39.5. The molecule has 0 spiro atoms. The van der Waals surface area contributed by atoms with Crippen molar-refractivity contribution < 1.29 is 18.0 Å². The number of anilines is 1. The first-order chi connectivity index (χ1) is 13.1. The van der Waals surface area contributed by atoms with E-state index in [2.05, 4.69) is 15.4 Å². The maximum atomic E-state index is 12.6. The molecule has 8 heteroatoms. The molecule has 2 aromatic heterocycles. The minimum atomic E-state index is -4.36. The van der Waals surface area contributed by atoms with Crippen LogP contribution >= 0.6 is 0 Å². The summed E-state index contributed by atoms with van der Waals surface area (Å²) in [6.07, 6.45) is -0.467. The van der Waals surface area contributed by atoms with E-state index in [1.165, 1.54) is 12.1 Å². The maximum absolute atomic E-state index is 12.6. The van der Waals surface area contributed by atoms with E-state index < -0.39 is 11.7 Å². The zero-order valence-electron chi connectivity index (χ0n) is 15.8. The number of fused-ring (bicyclic) bond motifs is 1. The molecule has 0 aliphatic heterocycles. The molecule has 0 radical (unpaired) electrons. The lowest BCUT2D eigenvalue weighted by Gasteiger charge is -2.18. The number of benzene rings is 1. The van der Waals surface area contributed by atoms with Crippen molar-refractivity contribution in [1.82, 2.24) is 14.6 Å². The van der Waals surface area contributed by atoms with Gasteiger partial charge in [0.15, 0.2) is 11.5 Å². The quantitative estimate of drug-likeness (QED) is 0.707. The van der Waals surface area contributed by atoms with Crippen LogP contribution in [0.25, 0.3) is 5.65 Å². The van der Waals surface area contributed by atoms with Gasteiger partial charge in [0, 0.05) is 24.4 Å². The average molecular weight is 390 g/mol. The van der Waals surface area contributed by atoms with E-state index in [1.54, 1.807) is 23.0 Å². The van der Waals surface area contributed by atoms with E-state index in [-0.39, 0.29) is 17.7 Å². The summed E-state index contributed by atoms with van der Waals surface area (Å²) in [6.45, 7) is 6.03. The average Bonchev–Trinajstić information content (AvgIpc) is 2.97. The molecule has 0 atom stereocenters. The zero-order chi connectivity index (χ0) is 20.5. The lowest BCUT2D eigenvalue weighted by Crippen LogP contribution is -2.18. The monoisotopic (exact) mass is 390 g/mol. The van der Waals surface area contributed by atoms with Crippen molar-refractivity contribution in [2.75, 3.05) is 5.32 Å². The molecule has 0 bridgehead atoms. The number of hydrogen-bond acceptors (Lipinski definition) is 3. The molecule has 0 fully saturated rings. The van der Waals surface area contributed by atoms with E-state index in [0.29, 0.717) is 23.4 Å². The Kier molecular flexibility index (Phi) is 5.14. The third-order valence-electron chi connectivity index (χ3n) is 4.33. The molecule has 0 aliphatic rings. The van der Waals surface area contributed by atoms with Crippen molar-refractivity contribution >= 4 is 17.4 Å². The van der Waals surface area contributed by atoms with Crippen molar-refractivity contribution in [3.63, 3.8) is 0 Å². The van der Waals surface area contributed by atoms with Gasteiger partial charge < -0.3 is 5.32 Å². The summed E-state index contributed by atoms with van der Waals surface area (Å²) in [7, 11) is 0. The molecule has 3 aromatic rings. The van der Waals surface area contributed by atoms with Gasteiger partial charge in [-0.15, -0.1) is 5.10 Å². The summed E-state index contributed by atoms with van der Waals surface area (Å²) in [5.74, 6) is 0.192. The molecule has 148 valence electrons. The predicted octanol–water partition coefficient (Wildman–Crippen LogP) is 4.62. The Morgan fingerprint density at radius 1 is 1.14 bits per heavy atom. The minimum Gasteiger partial charge on any atom is -0.309 e. The molecule has 2 heterocycles. The minimum absolute atomic E-state index is 0.135. The van der Waals surface area contributed by atoms with Crippen molar-refractivity contribution in [1.29, 1.82) is 0 Å². The van der Waals surface area contributed by atoms with Crippen LogP contribution in [0.1, 0.15) is 43.9 Å². The van der Waals surface area contributed by atoms with Gasteiger partial charge in [-0.1, -0.05) is 32.9 Å². The number of nitrogens with one attached hydrogen (secondary N) is 1. The Labute approximate surface area is 160 Å². The number of hydrogen-bond donors (Lipinski definition) is 1. The van der Waals surface area contributed by atoms with Gasteiger partial charge in [0.2, 0.25) is 5.91 Å². The first-order valence-corrected chi connectivity index (χ1v) is 8.85. The van der Waals surface area contributed by atoms with Gasteiger partial charge in [0.05, 0.1) is 5.56 Å². The molecule has 3 rings (SSSR count). The molecular weight excluding hydrogens is 369 g/mol. The Bertz CT molecular complexity index is 985. The van der Waals surface area contributed by atoms with Crippen molar-refractivity contribution in [3.8, 4) is 0 Å². The summed E-state index contributed by atoms with van der Waals surface area (Å²) in [6, 6.07) is 6.59. The van der Waals surface area contributed by atoms with Crippen LogP contribution in [0.4, 0.5) is 19.0 Å². The number of amides is 1. The molecule has 0 unspecified atom stereocenters. The van der Waals surface area contributed by atoms with E-state index in [1.807, 2.05) is 20.8 Å². The number of aryl methyl sites for hydroxylation is 1. The second-order valence-electron chi connectivity index (χ2n) is 7.60. The van der Waals surface area contributed by atoms with Crippen LogP contribution in [0.3, 0.4) is 0 Å². The molecule has 5 nitrogen and oxygen atoms in total. The van der Waals surface area contributed by atoms with Crippen LogP contribution in [0, 0.1) is 0 Å². The fourth-order valence-electron chi connectivity index (χ4n) is 2.98. The van der Waals surface area contributed by atoms with Gasteiger partial charge in [-0.05, 0) is 35.6 Å². The van der Waals surface area contributed by atoms with E-state index in [9.17, 15) is 18.0 Å². The highest BCUT2D eigenvalue weighted by atomic mass is 19.4. The normalized spacial score (nSPS) is 12.4. The second kappa shape index (κ2) is 7.26. The Hall–Kier alpha value is -2.90. The molecule has 1 N–H and O–H groups in total. The molecule has 28 heavy (non-hydrogen) atoms. The molecule has 1 amide bonds. The smallest absolute Gasteiger partial charge is 0.309 e. The first kappa shape index (κ1) is 19.9. The molecule has 0 saturated carbocycles. The van der Waals surface area contributed by atoms with Gasteiger partial charge >= 0.3 is 6.18 Å². The van der Waals surface area contributed by atoms with Crippen LogP contribution in [0.15, 0.2) is 42.7 Å². The molecule has 0 saturated heterocycles. The number of nitrogens with zero attached hydrogens (tertiary/aromatic N) is 3. The first-order valence-electron chi connectivity index (χ1n) is 8.85. The second-order valence-corrected chi connectivity index (χ2v) is 7.60. The molecular formula is C20H21F3N4O. The summed E-state index contributed by atoms with van der Waals surface area (Å²) in [5.41, 5.74) is 1.18.